The van der Waals surface area contributed by atoms with Gasteiger partial charge in [-0.2, -0.15) is 5.26 Å². The van der Waals surface area contributed by atoms with Crippen LogP contribution < -0.4 is 15.4 Å². The molecule has 0 saturated carbocycles. The highest BCUT2D eigenvalue weighted by Crippen LogP contribution is 2.26. The van der Waals surface area contributed by atoms with Crippen LogP contribution in [-0.4, -0.2) is 25.0 Å². The number of anilines is 2. The maximum Gasteiger partial charge on any atom is 0.259 e. The Balaban J connectivity index is 2.30. The number of pyridine rings is 1. The van der Waals surface area contributed by atoms with Crippen molar-refractivity contribution in [2.75, 3.05) is 24.8 Å². The van der Waals surface area contributed by atoms with Crippen LogP contribution >= 0.6 is 0 Å². The molecule has 21 heavy (non-hydrogen) atoms. The van der Waals surface area contributed by atoms with Gasteiger partial charge in [0.15, 0.2) is 0 Å². The minimum atomic E-state index is -0.310. The fourth-order valence-electron chi connectivity index (χ4n) is 1.85. The second-order valence-electron chi connectivity index (χ2n) is 4.15. The predicted octanol–water partition coefficient (Wildman–Crippen LogP) is 2.26. The van der Waals surface area contributed by atoms with Crippen molar-refractivity contribution in [1.29, 1.82) is 5.26 Å². The van der Waals surface area contributed by atoms with E-state index in [9.17, 15) is 4.79 Å². The summed E-state index contributed by atoms with van der Waals surface area (Å²) in [7, 11) is 3.21. The quantitative estimate of drug-likeness (QED) is 0.898. The summed E-state index contributed by atoms with van der Waals surface area (Å²) in [5.41, 5.74) is 2.05. The van der Waals surface area contributed by atoms with Crippen LogP contribution in [0, 0.1) is 11.3 Å². The van der Waals surface area contributed by atoms with E-state index in [2.05, 4.69) is 15.6 Å². The Morgan fingerprint density at radius 3 is 2.81 bits per heavy atom. The maximum atomic E-state index is 12.3. The fraction of sp³-hybridized carbons (Fsp3) is 0.133. The van der Waals surface area contributed by atoms with Gasteiger partial charge in [-0.25, -0.2) is 0 Å². The summed E-state index contributed by atoms with van der Waals surface area (Å²) in [5.74, 6) is 0.118. The molecule has 2 aromatic rings. The molecule has 1 aromatic heterocycles. The van der Waals surface area contributed by atoms with Crippen LogP contribution in [0.25, 0.3) is 0 Å². The van der Waals surface area contributed by atoms with Crippen LogP contribution in [0.4, 0.5) is 11.4 Å². The van der Waals surface area contributed by atoms with Crippen LogP contribution in [0.3, 0.4) is 0 Å². The smallest absolute Gasteiger partial charge is 0.259 e. The summed E-state index contributed by atoms with van der Waals surface area (Å²) in [6.45, 7) is 0. The van der Waals surface area contributed by atoms with E-state index in [1.807, 2.05) is 6.07 Å². The van der Waals surface area contributed by atoms with E-state index in [1.54, 1.807) is 37.5 Å². The van der Waals surface area contributed by atoms with Crippen molar-refractivity contribution in [3.63, 3.8) is 0 Å². The number of methoxy groups -OCH3 is 1. The molecule has 0 saturated heterocycles. The lowest BCUT2D eigenvalue weighted by molar-refractivity contribution is 0.102. The SMILES string of the molecule is CNc1ccncc1C(=O)Nc1ccc(C#N)cc1OC. The largest absolute Gasteiger partial charge is 0.495 e. The van der Waals surface area contributed by atoms with Gasteiger partial charge in [0.2, 0.25) is 0 Å². The molecule has 1 aromatic carbocycles. The van der Waals surface area contributed by atoms with Gasteiger partial charge in [-0.3, -0.25) is 9.78 Å². The zero-order valence-corrected chi connectivity index (χ0v) is 11.7. The average Bonchev–Trinajstić information content (AvgIpc) is 2.55. The van der Waals surface area contributed by atoms with Gasteiger partial charge in [-0.05, 0) is 18.2 Å². The standard InChI is InChI=1S/C15H14N4O2/c1-17-12-5-6-18-9-11(12)15(20)19-13-4-3-10(8-16)7-14(13)21-2/h3-7,9H,1-2H3,(H,17,18)(H,19,20). The molecule has 0 aliphatic rings. The molecule has 2 N–H and O–H groups in total. The third-order valence-corrected chi connectivity index (χ3v) is 2.91. The Hall–Kier alpha value is -3.07. The number of rotatable bonds is 4. The van der Waals surface area contributed by atoms with Gasteiger partial charge in [0, 0.05) is 31.2 Å². The normalized spacial score (nSPS) is 9.57. The maximum absolute atomic E-state index is 12.3. The topological polar surface area (TPSA) is 87.0 Å². The predicted molar refractivity (Wildman–Crippen MR) is 79.4 cm³/mol. The monoisotopic (exact) mass is 282 g/mol. The number of carbonyl (C=O) groups excluding carboxylic acids is 1. The van der Waals surface area contributed by atoms with Gasteiger partial charge in [-0.1, -0.05) is 0 Å². The van der Waals surface area contributed by atoms with Gasteiger partial charge in [0.05, 0.1) is 30.0 Å². The third kappa shape index (κ3) is 3.09. The summed E-state index contributed by atoms with van der Waals surface area (Å²) in [6, 6.07) is 8.54. The second kappa shape index (κ2) is 6.39. The molecule has 0 unspecified atom stereocenters. The van der Waals surface area contributed by atoms with E-state index in [4.69, 9.17) is 10.00 Å². The van der Waals surface area contributed by atoms with Gasteiger partial charge in [0.1, 0.15) is 5.75 Å². The summed E-state index contributed by atoms with van der Waals surface area (Å²) in [4.78, 5) is 16.3. The lowest BCUT2D eigenvalue weighted by Gasteiger charge is -2.12. The van der Waals surface area contributed by atoms with Crippen LogP contribution in [0.5, 0.6) is 5.75 Å². The average molecular weight is 282 g/mol. The van der Waals surface area contributed by atoms with Gasteiger partial charge >= 0.3 is 0 Å². The van der Waals surface area contributed by atoms with Crippen LogP contribution in [0.2, 0.25) is 0 Å². The molecule has 0 atom stereocenters. The number of carbonyl (C=O) groups is 1. The van der Waals surface area contributed by atoms with Gasteiger partial charge in [-0.15, -0.1) is 0 Å². The number of nitriles is 1. The first-order chi connectivity index (χ1) is 10.2. The number of amides is 1. The van der Waals surface area contributed by atoms with E-state index >= 15 is 0 Å². The molecule has 0 spiro atoms. The number of nitrogens with one attached hydrogen (secondary N) is 2. The molecule has 106 valence electrons. The first kappa shape index (κ1) is 14.3. The molecular weight excluding hydrogens is 268 g/mol. The number of benzene rings is 1. The minimum Gasteiger partial charge on any atom is -0.495 e. The van der Waals surface area contributed by atoms with Crippen LogP contribution in [0.1, 0.15) is 15.9 Å². The van der Waals surface area contributed by atoms with Crippen molar-refractivity contribution in [1.82, 2.24) is 4.98 Å². The van der Waals surface area contributed by atoms with Gasteiger partial charge in [0.25, 0.3) is 5.91 Å². The highest BCUT2D eigenvalue weighted by molar-refractivity contribution is 6.08. The lowest BCUT2D eigenvalue weighted by Crippen LogP contribution is -2.15. The Morgan fingerprint density at radius 2 is 2.14 bits per heavy atom. The number of aromatic nitrogens is 1. The Bertz CT molecular complexity index is 707. The van der Waals surface area contributed by atoms with Crippen molar-refractivity contribution in [3.05, 3.63) is 47.8 Å². The van der Waals surface area contributed by atoms with E-state index in [0.717, 1.165) is 0 Å². The first-order valence-electron chi connectivity index (χ1n) is 6.21. The molecule has 6 nitrogen and oxygen atoms in total. The molecule has 0 bridgehead atoms. The minimum absolute atomic E-state index is 0.310. The molecular formula is C15H14N4O2. The molecule has 1 amide bonds. The van der Waals surface area contributed by atoms with E-state index in [1.165, 1.54) is 13.3 Å². The van der Waals surface area contributed by atoms with Crippen LogP contribution in [-0.2, 0) is 0 Å². The zero-order valence-electron chi connectivity index (χ0n) is 11.7. The lowest BCUT2D eigenvalue weighted by atomic mass is 10.2. The fourth-order valence-corrected chi connectivity index (χ4v) is 1.85. The molecule has 0 fully saturated rings. The third-order valence-electron chi connectivity index (χ3n) is 2.91. The zero-order chi connectivity index (χ0) is 15.2. The van der Waals surface area contributed by atoms with Crippen LogP contribution in [0.15, 0.2) is 36.7 Å². The van der Waals surface area contributed by atoms with Crippen molar-refractivity contribution >= 4 is 17.3 Å². The highest BCUT2D eigenvalue weighted by atomic mass is 16.5. The second-order valence-corrected chi connectivity index (χ2v) is 4.15. The Kier molecular flexibility index (Phi) is 4.36. The molecule has 2 rings (SSSR count). The number of nitrogens with zero attached hydrogens (tertiary/aromatic N) is 2. The summed E-state index contributed by atoms with van der Waals surface area (Å²) in [6.07, 6.45) is 3.09. The van der Waals surface area contributed by atoms with Crippen molar-refractivity contribution in [3.8, 4) is 11.8 Å². The first-order valence-corrected chi connectivity index (χ1v) is 6.21. The number of ether oxygens (including phenoxy) is 1. The van der Waals surface area contributed by atoms with E-state index < -0.39 is 0 Å². The highest BCUT2D eigenvalue weighted by Gasteiger charge is 2.13. The van der Waals surface area contributed by atoms with Gasteiger partial charge < -0.3 is 15.4 Å². The molecule has 0 aliphatic heterocycles. The summed E-state index contributed by atoms with van der Waals surface area (Å²) in [5, 5.41) is 14.6. The number of hydrogen-bond donors (Lipinski definition) is 2. The number of hydrogen-bond acceptors (Lipinski definition) is 5. The Labute approximate surface area is 122 Å². The summed E-state index contributed by atoms with van der Waals surface area (Å²) < 4.78 is 5.18. The Morgan fingerprint density at radius 1 is 1.33 bits per heavy atom. The molecule has 6 heteroatoms. The molecule has 1 heterocycles. The van der Waals surface area contributed by atoms with E-state index in [0.29, 0.717) is 28.3 Å². The summed E-state index contributed by atoms with van der Waals surface area (Å²) >= 11 is 0. The van der Waals surface area contributed by atoms with Crippen molar-refractivity contribution in [2.45, 2.75) is 0 Å². The molecule has 0 radical (unpaired) electrons. The van der Waals surface area contributed by atoms with E-state index in [-0.39, 0.29) is 5.91 Å². The van der Waals surface area contributed by atoms with Crippen molar-refractivity contribution < 1.29 is 9.53 Å². The van der Waals surface area contributed by atoms with Crippen molar-refractivity contribution in [2.24, 2.45) is 0 Å². The molecule has 0 aliphatic carbocycles.